The quantitative estimate of drug-likeness (QED) is 0.846. The minimum atomic E-state index is 0.268. The molecule has 1 aliphatic heterocycles. The van der Waals surface area contributed by atoms with Crippen molar-refractivity contribution < 1.29 is 9.15 Å². The average molecular weight is 301 g/mol. The maximum atomic E-state index is 5.80. The third kappa shape index (κ3) is 3.94. The van der Waals surface area contributed by atoms with Crippen LogP contribution >= 0.6 is 0 Å². The molecule has 2 heterocycles. The zero-order chi connectivity index (χ0) is 15.4. The Labute approximate surface area is 131 Å². The molecule has 5 nitrogen and oxygen atoms in total. The Kier molecular flexibility index (Phi) is 4.87. The highest BCUT2D eigenvalue weighted by Crippen LogP contribution is 2.19. The van der Waals surface area contributed by atoms with Gasteiger partial charge in [0.1, 0.15) is 6.26 Å². The first-order chi connectivity index (χ1) is 10.7. The van der Waals surface area contributed by atoms with E-state index in [0.717, 1.165) is 44.0 Å². The van der Waals surface area contributed by atoms with Crippen molar-refractivity contribution in [2.24, 2.45) is 0 Å². The van der Waals surface area contributed by atoms with E-state index in [1.54, 1.807) is 6.26 Å². The van der Waals surface area contributed by atoms with E-state index in [1.165, 1.54) is 0 Å². The first kappa shape index (κ1) is 15.2. The number of hydrogen-bond donors (Lipinski definition) is 0. The molecule has 1 saturated heterocycles. The molecule has 0 N–H and O–H groups in total. The molecule has 0 amide bonds. The molecule has 5 heteroatoms. The van der Waals surface area contributed by atoms with Gasteiger partial charge in [0.25, 0.3) is 0 Å². The summed E-state index contributed by atoms with van der Waals surface area (Å²) in [5.41, 5.74) is 1.99. The fourth-order valence-electron chi connectivity index (χ4n) is 2.76. The molecule has 0 aliphatic carbocycles. The molecule has 1 atom stereocenters. The fraction of sp³-hybridized carbons (Fsp3) is 0.471. The van der Waals surface area contributed by atoms with Gasteiger partial charge in [-0.2, -0.15) is 0 Å². The fourth-order valence-corrected chi connectivity index (χ4v) is 2.76. The van der Waals surface area contributed by atoms with Crippen LogP contribution in [0.1, 0.15) is 5.69 Å². The number of morpholine rings is 1. The standard InChI is InChI=1S/C17H23N3O2/c1-19(2)11-16-12-20(8-9-21-16)10-15-13-22-17(18-15)14-6-4-3-5-7-14/h3-7,13,16H,8-12H2,1-2H3/t16-/m0/s1. The highest BCUT2D eigenvalue weighted by atomic mass is 16.5. The number of aromatic nitrogens is 1. The number of oxazole rings is 1. The van der Waals surface area contributed by atoms with Crippen LogP contribution in [0.3, 0.4) is 0 Å². The Morgan fingerprint density at radius 2 is 2.09 bits per heavy atom. The second kappa shape index (κ2) is 7.05. The van der Waals surface area contributed by atoms with Crippen LogP contribution in [0.5, 0.6) is 0 Å². The van der Waals surface area contributed by atoms with Crippen LogP contribution in [-0.4, -0.2) is 61.2 Å². The van der Waals surface area contributed by atoms with Crippen molar-refractivity contribution in [3.05, 3.63) is 42.3 Å². The lowest BCUT2D eigenvalue weighted by molar-refractivity contribution is -0.0410. The van der Waals surface area contributed by atoms with E-state index < -0.39 is 0 Å². The Bertz CT molecular complexity index is 583. The third-order valence-corrected chi connectivity index (χ3v) is 3.75. The molecule has 0 spiro atoms. The topological polar surface area (TPSA) is 41.7 Å². The van der Waals surface area contributed by atoms with Crippen molar-refractivity contribution in [1.82, 2.24) is 14.8 Å². The lowest BCUT2D eigenvalue weighted by Gasteiger charge is -2.33. The van der Waals surface area contributed by atoms with E-state index in [4.69, 9.17) is 9.15 Å². The van der Waals surface area contributed by atoms with Crippen LogP contribution in [0, 0.1) is 0 Å². The van der Waals surface area contributed by atoms with Gasteiger partial charge < -0.3 is 14.1 Å². The van der Waals surface area contributed by atoms with Crippen molar-refractivity contribution in [3.8, 4) is 11.5 Å². The van der Waals surface area contributed by atoms with Gasteiger partial charge in [0, 0.05) is 31.7 Å². The Morgan fingerprint density at radius 3 is 2.86 bits per heavy atom. The van der Waals surface area contributed by atoms with Gasteiger partial charge in [-0.15, -0.1) is 0 Å². The van der Waals surface area contributed by atoms with Crippen LogP contribution in [0.25, 0.3) is 11.5 Å². The van der Waals surface area contributed by atoms with E-state index in [0.29, 0.717) is 5.89 Å². The summed E-state index contributed by atoms with van der Waals surface area (Å²) in [6, 6.07) is 10.0. The zero-order valence-electron chi connectivity index (χ0n) is 13.2. The number of likely N-dealkylation sites (N-methyl/N-ethyl adjacent to an activating group) is 1. The smallest absolute Gasteiger partial charge is 0.226 e. The number of hydrogen-bond acceptors (Lipinski definition) is 5. The minimum Gasteiger partial charge on any atom is -0.444 e. The zero-order valence-corrected chi connectivity index (χ0v) is 13.2. The summed E-state index contributed by atoms with van der Waals surface area (Å²) in [6.45, 7) is 4.42. The molecule has 3 rings (SSSR count). The van der Waals surface area contributed by atoms with Crippen molar-refractivity contribution in [3.63, 3.8) is 0 Å². The van der Waals surface area contributed by atoms with Crippen LogP contribution in [-0.2, 0) is 11.3 Å². The monoisotopic (exact) mass is 301 g/mol. The van der Waals surface area contributed by atoms with Gasteiger partial charge in [0.05, 0.1) is 18.4 Å². The number of nitrogens with zero attached hydrogens (tertiary/aromatic N) is 3. The van der Waals surface area contributed by atoms with Crippen LogP contribution < -0.4 is 0 Å². The minimum absolute atomic E-state index is 0.268. The molecule has 0 saturated carbocycles. The van der Waals surface area contributed by atoms with E-state index in [1.807, 2.05) is 30.3 Å². The molecular formula is C17H23N3O2. The highest BCUT2D eigenvalue weighted by molar-refractivity contribution is 5.52. The van der Waals surface area contributed by atoms with E-state index in [2.05, 4.69) is 28.9 Å². The van der Waals surface area contributed by atoms with Crippen LogP contribution in [0.15, 0.2) is 41.0 Å². The molecule has 2 aromatic rings. The molecule has 0 bridgehead atoms. The number of benzene rings is 1. The number of rotatable bonds is 5. The maximum absolute atomic E-state index is 5.80. The molecule has 1 aromatic carbocycles. The molecule has 0 radical (unpaired) electrons. The largest absolute Gasteiger partial charge is 0.444 e. The molecule has 1 fully saturated rings. The van der Waals surface area contributed by atoms with Gasteiger partial charge in [0.2, 0.25) is 5.89 Å². The second-order valence-electron chi connectivity index (χ2n) is 6.00. The van der Waals surface area contributed by atoms with Gasteiger partial charge in [-0.05, 0) is 26.2 Å². The van der Waals surface area contributed by atoms with Crippen molar-refractivity contribution >= 4 is 0 Å². The SMILES string of the molecule is CN(C)C[C@H]1CN(Cc2coc(-c3ccccc3)n2)CCO1. The Balaban J connectivity index is 1.60. The van der Waals surface area contributed by atoms with E-state index in [9.17, 15) is 0 Å². The second-order valence-corrected chi connectivity index (χ2v) is 6.00. The molecular weight excluding hydrogens is 278 g/mol. The predicted octanol–water partition coefficient (Wildman–Crippen LogP) is 2.10. The van der Waals surface area contributed by atoms with Gasteiger partial charge in [-0.1, -0.05) is 18.2 Å². The summed E-state index contributed by atoms with van der Waals surface area (Å²) in [6.07, 6.45) is 2.03. The Hall–Kier alpha value is -1.69. The summed E-state index contributed by atoms with van der Waals surface area (Å²) in [4.78, 5) is 9.14. The van der Waals surface area contributed by atoms with Crippen LogP contribution in [0.2, 0.25) is 0 Å². The van der Waals surface area contributed by atoms with Crippen molar-refractivity contribution in [2.45, 2.75) is 12.6 Å². The molecule has 0 unspecified atom stereocenters. The maximum Gasteiger partial charge on any atom is 0.226 e. The highest BCUT2D eigenvalue weighted by Gasteiger charge is 2.22. The lowest BCUT2D eigenvalue weighted by Crippen LogP contribution is -2.46. The molecule has 118 valence electrons. The molecule has 1 aromatic heterocycles. The molecule has 22 heavy (non-hydrogen) atoms. The Morgan fingerprint density at radius 1 is 1.27 bits per heavy atom. The van der Waals surface area contributed by atoms with Crippen molar-refractivity contribution in [1.29, 1.82) is 0 Å². The van der Waals surface area contributed by atoms with Gasteiger partial charge in [-0.25, -0.2) is 4.98 Å². The van der Waals surface area contributed by atoms with E-state index >= 15 is 0 Å². The van der Waals surface area contributed by atoms with Crippen molar-refractivity contribution in [2.75, 3.05) is 40.3 Å². The van der Waals surface area contributed by atoms with Gasteiger partial charge in [0.15, 0.2) is 0 Å². The normalized spacial score (nSPS) is 19.7. The van der Waals surface area contributed by atoms with Gasteiger partial charge >= 0.3 is 0 Å². The van der Waals surface area contributed by atoms with E-state index in [-0.39, 0.29) is 6.10 Å². The summed E-state index contributed by atoms with van der Waals surface area (Å²) in [5, 5.41) is 0. The number of ether oxygens (including phenoxy) is 1. The lowest BCUT2D eigenvalue weighted by atomic mass is 10.2. The summed E-state index contributed by atoms with van der Waals surface area (Å²) >= 11 is 0. The third-order valence-electron chi connectivity index (χ3n) is 3.75. The molecule has 1 aliphatic rings. The summed E-state index contributed by atoms with van der Waals surface area (Å²) < 4.78 is 11.4. The first-order valence-electron chi connectivity index (χ1n) is 7.69. The van der Waals surface area contributed by atoms with Crippen LogP contribution in [0.4, 0.5) is 0 Å². The average Bonchev–Trinajstić information content (AvgIpc) is 2.96. The van der Waals surface area contributed by atoms with Gasteiger partial charge in [-0.3, -0.25) is 4.90 Å². The first-order valence-corrected chi connectivity index (χ1v) is 7.69. The summed E-state index contributed by atoms with van der Waals surface area (Å²) in [5.74, 6) is 0.689. The summed E-state index contributed by atoms with van der Waals surface area (Å²) in [7, 11) is 4.15. The predicted molar refractivity (Wildman–Crippen MR) is 85.5 cm³/mol.